The molecule has 0 rings (SSSR count). The zero-order valence-electron chi connectivity index (χ0n) is 5.36. The molecule has 1 heteroatoms. The van der Waals surface area contributed by atoms with Gasteiger partial charge in [-0.15, -0.1) is 0 Å². The summed E-state index contributed by atoms with van der Waals surface area (Å²) in [6, 6.07) is 0. The van der Waals surface area contributed by atoms with Gasteiger partial charge in [-0.3, -0.25) is 6.08 Å². The molecule has 0 atom stereocenters. The second kappa shape index (κ2) is 28.9. The van der Waals surface area contributed by atoms with E-state index in [1.165, 1.54) is 0 Å². The van der Waals surface area contributed by atoms with Gasteiger partial charge < -0.3 is 13.0 Å². The Balaban J connectivity index is -0.0000000480. The van der Waals surface area contributed by atoms with Crippen molar-refractivity contribution in [1.29, 1.82) is 0 Å². The molecule has 0 aromatic carbocycles. The first-order chi connectivity index (χ1) is 2.91. The van der Waals surface area contributed by atoms with Crippen molar-refractivity contribution in [2.45, 2.75) is 20.8 Å². The fourth-order valence-electron chi connectivity index (χ4n) is 0. The quantitative estimate of drug-likeness (QED) is 0.492. The van der Waals surface area contributed by atoms with Gasteiger partial charge in [0.1, 0.15) is 0 Å². The van der Waals surface area contributed by atoms with E-state index in [1.807, 2.05) is 19.9 Å². The molecule has 0 aromatic rings. The molecule has 0 saturated heterocycles. The number of allylic oxidation sites excluding steroid dienone is 2. The van der Waals surface area contributed by atoms with Crippen molar-refractivity contribution in [3.63, 3.8) is 0 Å². The first-order valence-electron chi connectivity index (χ1n) is 2.07. The van der Waals surface area contributed by atoms with E-state index in [2.05, 4.69) is 13.0 Å². The molecule has 0 spiro atoms. The van der Waals surface area contributed by atoms with Gasteiger partial charge in [-0.1, -0.05) is 6.92 Å². The van der Waals surface area contributed by atoms with Crippen molar-refractivity contribution < 1.29 is 32.7 Å². The van der Waals surface area contributed by atoms with Gasteiger partial charge in [0.15, 0.2) is 0 Å². The van der Waals surface area contributed by atoms with E-state index in [9.17, 15) is 0 Å². The monoisotopic (exact) mass is 173 g/mol. The van der Waals surface area contributed by atoms with Crippen molar-refractivity contribution in [2.75, 3.05) is 0 Å². The summed E-state index contributed by atoms with van der Waals surface area (Å²) in [4.78, 5) is 0. The molecule has 0 saturated carbocycles. The van der Waals surface area contributed by atoms with Crippen LogP contribution in [0.4, 0.5) is 0 Å². The van der Waals surface area contributed by atoms with E-state index in [-0.39, 0.29) is 32.7 Å². The Labute approximate surface area is 72.3 Å². The molecule has 41 valence electrons. The summed E-state index contributed by atoms with van der Waals surface area (Å²) in [6.07, 6.45) is 4.68. The van der Waals surface area contributed by atoms with E-state index >= 15 is 0 Å². The van der Waals surface area contributed by atoms with Gasteiger partial charge in [-0.05, 0) is 0 Å². The molecular formula is C6H12Y-2. The van der Waals surface area contributed by atoms with Crippen molar-refractivity contribution in [3.05, 3.63) is 19.1 Å². The van der Waals surface area contributed by atoms with E-state index < -0.39 is 0 Å². The van der Waals surface area contributed by atoms with Gasteiger partial charge in [0.2, 0.25) is 0 Å². The molecule has 0 N–H and O–H groups in total. The van der Waals surface area contributed by atoms with Gasteiger partial charge >= 0.3 is 0 Å². The molecule has 0 fully saturated rings. The predicted molar refractivity (Wildman–Crippen MR) is 30.2 cm³/mol. The summed E-state index contributed by atoms with van der Waals surface area (Å²) in [5.74, 6) is 0. The Morgan fingerprint density at radius 2 is 1.57 bits per heavy atom. The molecule has 0 nitrogen and oxygen atoms in total. The van der Waals surface area contributed by atoms with E-state index in [4.69, 9.17) is 0 Å². The minimum atomic E-state index is 0. The van der Waals surface area contributed by atoms with Crippen LogP contribution < -0.4 is 0 Å². The van der Waals surface area contributed by atoms with Gasteiger partial charge in [-0.2, -0.15) is 13.8 Å². The van der Waals surface area contributed by atoms with Crippen LogP contribution in [0.5, 0.6) is 0 Å². The zero-order valence-corrected chi connectivity index (χ0v) is 8.20. The standard InChI is InChI=1S/C4H7.C2H5.Y/c1-3-4-2;1-2;/h3H,1-2H3;1H2,2H3;/q2*-1;. The summed E-state index contributed by atoms with van der Waals surface area (Å²) < 4.78 is 0. The summed E-state index contributed by atoms with van der Waals surface area (Å²) >= 11 is 0. The van der Waals surface area contributed by atoms with Crippen LogP contribution in [0.1, 0.15) is 20.8 Å². The minimum Gasteiger partial charge on any atom is -0.504 e. The second-order valence-electron chi connectivity index (χ2n) is 0.577. The third-order valence-electron chi connectivity index (χ3n) is 0.289. The maximum atomic E-state index is 3.25. The number of hydrogen-bond donors (Lipinski definition) is 0. The molecule has 0 aliphatic heterocycles. The van der Waals surface area contributed by atoms with Crippen molar-refractivity contribution in [3.8, 4) is 0 Å². The zero-order chi connectivity index (χ0) is 5.41. The van der Waals surface area contributed by atoms with Crippen LogP contribution in [0.15, 0.2) is 6.08 Å². The molecule has 0 amide bonds. The molecule has 0 bridgehead atoms. The van der Waals surface area contributed by atoms with Gasteiger partial charge in [0.05, 0.1) is 0 Å². The topological polar surface area (TPSA) is 0 Å². The maximum Gasteiger partial charge on any atom is 0 e. The normalized spacial score (nSPS) is 6.29. The largest absolute Gasteiger partial charge is 0.504 e. The summed E-state index contributed by atoms with van der Waals surface area (Å²) in [6.45, 7) is 8.82. The molecule has 0 aliphatic rings. The second-order valence-corrected chi connectivity index (χ2v) is 0.577. The van der Waals surface area contributed by atoms with Crippen molar-refractivity contribution >= 4 is 0 Å². The molecular weight excluding hydrogens is 161 g/mol. The van der Waals surface area contributed by atoms with E-state index in [1.54, 1.807) is 6.92 Å². The van der Waals surface area contributed by atoms with E-state index in [0.717, 1.165) is 0 Å². The van der Waals surface area contributed by atoms with E-state index in [0.29, 0.717) is 0 Å². The summed E-state index contributed by atoms with van der Waals surface area (Å²) in [7, 11) is 0. The Morgan fingerprint density at radius 1 is 1.43 bits per heavy atom. The Hall–Kier alpha value is 0.844. The summed E-state index contributed by atoms with van der Waals surface area (Å²) in [5, 5.41) is 0. The smallest absolute Gasteiger partial charge is 0 e. The summed E-state index contributed by atoms with van der Waals surface area (Å²) in [5.41, 5.74) is 0. The van der Waals surface area contributed by atoms with Crippen molar-refractivity contribution in [2.24, 2.45) is 0 Å². The molecule has 0 aromatic heterocycles. The third-order valence-corrected chi connectivity index (χ3v) is 0.289. The SMILES string of the molecule is C[C-]=CC.[CH2-]C.[Y]. The Kier molecular flexibility index (Phi) is 64.6. The van der Waals surface area contributed by atoms with Crippen molar-refractivity contribution in [1.82, 2.24) is 0 Å². The number of rotatable bonds is 0. The predicted octanol–water partition coefficient (Wildman–Crippen LogP) is 2.22. The fourth-order valence-corrected chi connectivity index (χ4v) is 0. The van der Waals surface area contributed by atoms with Crippen LogP contribution in [0.2, 0.25) is 0 Å². The Bertz CT molecular complexity index is 19.4. The molecule has 0 heterocycles. The molecule has 1 radical (unpaired) electrons. The molecule has 7 heavy (non-hydrogen) atoms. The average Bonchev–Trinajstić information content (AvgIpc) is 1.72. The van der Waals surface area contributed by atoms with Crippen LogP contribution in [0, 0.1) is 13.0 Å². The first-order valence-corrected chi connectivity index (χ1v) is 2.07. The van der Waals surface area contributed by atoms with Gasteiger partial charge in [0, 0.05) is 32.7 Å². The Morgan fingerprint density at radius 3 is 1.57 bits per heavy atom. The fraction of sp³-hybridized carbons (Fsp3) is 0.500. The maximum absolute atomic E-state index is 3.25. The van der Waals surface area contributed by atoms with Gasteiger partial charge in [-0.25, -0.2) is 0 Å². The van der Waals surface area contributed by atoms with Crippen LogP contribution >= 0.6 is 0 Å². The van der Waals surface area contributed by atoms with Crippen LogP contribution in [-0.2, 0) is 32.7 Å². The minimum absolute atomic E-state index is 0. The third kappa shape index (κ3) is 47.2. The average molecular weight is 173 g/mol. The molecule has 0 aliphatic carbocycles. The van der Waals surface area contributed by atoms with Crippen LogP contribution in [0.3, 0.4) is 0 Å². The first kappa shape index (κ1) is 15.7. The van der Waals surface area contributed by atoms with Crippen LogP contribution in [-0.4, -0.2) is 0 Å². The number of hydrogen-bond acceptors (Lipinski definition) is 0. The van der Waals surface area contributed by atoms with Crippen LogP contribution in [0.25, 0.3) is 0 Å². The molecule has 0 unspecified atom stereocenters. The van der Waals surface area contributed by atoms with Gasteiger partial charge in [0.25, 0.3) is 0 Å².